The second kappa shape index (κ2) is 9.73. The van der Waals surface area contributed by atoms with Gasteiger partial charge in [-0.3, -0.25) is 16.0 Å². The molecule has 8 unspecified atom stereocenters. The van der Waals surface area contributed by atoms with Crippen LogP contribution < -0.4 is 26.6 Å². The first-order chi connectivity index (χ1) is 14.0. The van der Waals surface area contributed by atoms with Gasteiger partial charge in [0.25, 0.3) is 0 Å². The Labute approximate surface area is 175 Å². The van der Waals surface area contributed by atoms with Gasteiger partial charge in [0.05, 0.1) is 18.4 Å². The molecular weight excluding hydrogens is 366 g/mol. The van der Waals surface area contributed by atoms with Crippen LogP contribution in [-0.4, -0.2) is 68.6 Å². The van der Waals surface area contributed by atoms with E-state index in [1.807, 2.05) is 7.05 Å². The van der Waals surface area contributed by atoms with Crippen LogP contribution in [0.3, 0.4) is 0 Å². The van der Waals surface area contributed by atoms with Crippen LogP contribution in [0.4, 0.5) is 0 Å². The van der Waals surface area contributed by atoms with Crippen molar-refractivity contribution in [2.45, 2.75) is 82.7 Å². The van der Waals surface area contributed by atoms with Gasteiger partial charge >= 0.3 is 0 Å². The Bertz CT molecular complexity index is 573. The highest BCUT2D eigenvalue weighted by atomic mass is 16.5. The average Bonchev–Trinajstić information content (AvgIpc) is 2.92. The van der Waals surface area contributed by atoms with E-state index in [1.165, 1.54) is 12.0 Å². The van der Waals surface area contributed by atoms with Gasteiger partial charge in [-0.05, 0) is 64.5 Å². The van der Waals surface area contributed by atoms with Gasteiger partial charge in [-0.2, -0.15) is 0 Å². The van der Waals surface area contributed by atoms with Gasteiger partial charge in [0, 0.05) is 31.2 Å². The van der Waals surface area contributed by atoms with E-state index in [0.29, 0.717) is 48.7 Å². The molecule has 4 aliphatic rings. The summed E-state index contributed by atoms with van der Waals surface area (Å²) in [6.07, 6.45) is 8.12. The summed E-state index contributed by atoms with van der Waals surface area (Å²) in [5.41, 5.74) is 1.39. The topological polar surface area (TPSA) is 89.6 Å². The molecule has 7 heteroatoms. The van der Waals surface area contributed by atoms with Gasteiger partial charge in [0.1, 0.15) is 6.29 Å². The van der Waals surface area contributed by atoms with Gasteiger partial charge in [-0.1, -0.05) is 18.6 Å². The molecule has 0 aromatic heterocycles. The first kappa shape index (κ1) is 21.7. The lowest BCUT2D eigenvalue weighted by Crippen LogP contribution is -2.69. The van der Waals surface area contributed by atoms with E-state index >= 15 is 0 Å². The Morgan fingerprint density at radius 2 is 2.07 bits per heavy atom. The van der Waals surface area contributed by atoms with Crippen LogP contribution in [0.5, 0.6) is 0 Å². The van der Waals surface area contributed by atoms with Crippen LogP contribution >= 0.6 is 0 Å². The Balaban J connectivity index is 1.52. The molecule has 1 aliphatic carbocycles. The van der Waals surface area contributed by atoms with Crippen molar-refractivity contribution in [1.29, 1.82) is 0 Å². The van der Waals surface area contributed by atoms with E-state index in [9.17, 15) is 5.11 Å². The number of nitrogens with one attached hydrogen (secondary N) is 5. The molecule has 6 N–H and O–H groups in total. The molecule has 0 amide bonds. The number of aliphatic hydroxyl groups excluding tert-OH is 1. The van der Waals surface area contributed by atoms with Crippen molar-refractivity contribution in [2.24, 2.45) is 17.8 Å². The second-order valence-corrected chi connectivity index (χ2v) is 9.64. The van der Waals surface area contributed by atoms with Crippen LogP contribution in [0.2, 0.25) is 0 Å². The molecule has 9 atom stereocenters. The second-order valence-electron chi connectivity index (χ2n) is 9.64. The van der Waals surface area contributed by atoms with Crippen molar-refractivity contribution >= 4 is 0 Å². The lowest BCUT2D eigenvalue weighted by Gasteiger charge is -2.50. The smallest absolute Gasteiger partial charge is 0.113 e. The quantitative estimate of drug-likeness (QED) is 0.378. The standard InChI is InChI=1S/C22H41N5O2/c1-13-9-19(23-3)27-22(25-13)26-18-11-16-5-4-8-29-21(16)20(14(18)2)15-6-7-24-12-17(28)10-15/h10,13-14,16-28H,4-9,11-12H2,1-3H3/t13?,14?,16?,17-,18?,19?,20?,21?,22?/m1/s1. The molecule has 0 radical (unpaired) electrons. The van der Waals surface area contributed by atoms with Crippen LogP contribution in [0, 0.1) is 17.8 Å². The number of rotatable bonds is 4. The van der Waals surface area contributed by atoms with Crippen molar-refractivity contribution in [3.63, 3.8) is 0 Å². The number of fused-ring (bicyclic) bond motifs is 1. The molecule has 1 saturated carbocycles. The number of hydrogen-bond acceptors (Lipinski definition) is 7. The normalized spacial score (nSPS) is 46.5. The summed E-state index contributed by atoms with van der Waals surface area (Å²) in [6, 6.07) is 0.891. The lowest BCUT2D eigenvalue weighted by molar-refractivity contribution is -0.0971. The van der Waals surface area contributed by atoms with Crippen molar-refractivity contribution in [2.75, 3.05) is 26.7 Å². The van der Waals surface area contributed by atoms with E-state index in [0.717, 1.165) is 38.8 Å². The maximum Gasteiger partial charge on any atom is 0.113 e. The van der Waals surface area contributed by atoms with Crippen molar-refractivity contribution in [3.8, 4) is 0 Å². The third-order valence-electron chi connectivity index (χ3n) is 7.52. The van der Waals surface area contributed by atoms with Crippen LogP contribution in [0.15, 0.2) is 11.6 Å². The molecule has 4 rings (SSSR count). The minimum Gasteiger partial charge on any atom is -0.388 e. The third-order valence-corrected chi connectivity index (χ3v) is 7.52. The van der Waals surface area contributed by atoms with Gasteiger partial charge < -0.3 is 20.5 Å². The zero-order chi connectivity index (χ0) is 20.4. The Morgan fingerprint density at radius 3 is 2.90 bits per heavy atom. The Kier molecular flexibility index (Phi) is 7.27. The summed E-state index contributed by atoms with van der Waals surface area (Å²) in [6.45, 7) is 7.10. The van der Waals surface area contributed by atoms with Crippen molar-refractivity contribution in [3.05, 3.63) is 11.6 Å². The molecule has 3 fully saturated rings. The molecule has 0 aromatic rings. The molecule has 2 saturated heterocycles. The summed E-state index contributed by atoms with van der Waals surface area (Å²) in [5.74, 6) is 1.43. The minimum absolute atomic E-state index is 0.112. The van der Waals surface area contributed by atoms with Crippen molar-refractivity contribution in [1.82, 2.24) is 26.6 Å². The highest BCUT2D eigenvalue weighted by Crippen LogP contribution is 2.44. The molecule has 0 aromatic carbocycles. The van der Waals surface area contributed by atoms with Crippen LogP contribution in [-0.2, 0) is 4.74 Å². The van der Waals surface area contributed by atoms with Gasteiger partial charge in [0.2, 0.25) is 0 Å². The van der Waals surface area contributed by atoms with Gasteiger partial charge in [-0.25, -0.2) is 0 Å². The lowest BCUT2D eigenvalue weighted by atomic mass is 9.64. The fourth-order valence-corrected chi connectivity index (χ4v) is 6.06. The summed E-state index contributed by atoms with van der Waals surface area (Å²) >= 11 is 0. The number of hydrogen-bond donors (Lipinski definition) is 6. The zero-order valence-electron chi connectivity index (χ0n) is 18.3. The number of β-amino-alcohol motifs (C(OH)–C–C–N with tert-alkyl or cyclic N) is 1. The largest absolute Gasteiger partial charge is 0.388 e. The summed E-state index contributed by atoms with van der Waals surface area (Å²) < 4.78 is 6.37. The zero-order valence-corrected chi connectivity index (χ0v) is 18.3. The molecular formula is C22H41N5O2. The van der Waals surface area contributed by atoms with Crippen molar-refractivity contribution < 1.29 is 9.84 Å². The van der Waals surface area contributed by atoms with Gasteiger partial charge in [-0.15, -0.1) is 0 Å². The monoisotopic (exact) mass is 407 g/mol. The fraction of sp³-hybridized carbons (Fsp3) is 0.909. The van der Waals surface area contributed by atoms with Crippen LogP contribution in [0.1, 0.15) is 46.0 Å². The molecule has 166 valence electrons. The Morgan fingerprint density at radius 1 is 1.21 bits per heavy atom. The molecule has 7 nitrogen and oxygen atoms in total. The number of aliphatic hydroxyl groups is 1. The summed E-state index contributed by atoms with van der Waals surface area (Å²) in [5, 5.41) is 28.3. The average molecular weight is 408 g/mol. The molecule has 3 heterocycles. The predicted molar refractivity (Wildman–Crippen MR) is 115 cm³/mol. The SMILES string of the molecule is CNC1CC(C)NC(NC2CC3CCCOC3C(C3=C[C@@H](O)CNCC3)C2C)N1. The molecule has 0 bridgehead atoms. The van der Waals surface area contributed by atoms with E-state index in [1.54, 1.807) is 0 Å². The fourth-order valence-electron chi connectivity index (χ4n) is 6.06. The third kappa shape index (κ3) is 5.03. The van der Waals surface area contributed by atoms with E-state index in [2.05, 4.69) is 46.5 Å². The van der Waals surface area contributed by atoms with Crippen LogP contribution in [0.25, 0.3) is 0 Å². The maximum absolute atomic E-state index is 10.4. The molecule has 3 aliphatic heterocycles. The molecule has 0 spiro atoms. The minimum atomic E-state index is -0.394. The predicted octanol–water partition coefficient (Wildman–Crippen LogP) is 0.477. The highest BCUT2D eigenvalue weighted by Gasteiger charge is 2.46. The first-order valence-corrected chi connectivity index (χ1v) is 11.7. The van der Waals surface area contributed by atoms with E-state index in [4.69, 9.17) is 4.74 Å². The molecule has 29 heavy (non-hydrogen) atoms. The number of ether oxygens (including phenoxy) is 1. The van der Waals surface area contributed by atoms with Gasteiger partial charge in [0.15, 0.2) is 0 Å². The first-order valence-electron chi connectivity index (χ1n) is 11.7. The maximum atomic E-state index is 10.4. The summed E-state index contributed by atoms with van der Waals surface area (Å²) in [4.78, 5) is 0. The Hall–Kier alpha value is -0.540. The summed E-state index contributed by atoms with van der Waals surface area (Å²) in [7, 11) is 2.02. The van der Waals surface area contributed by atoms with E-state index in [-0.39, 0.29) is 6.29 Å². The highest BCUT2D eigenvalue weighted by molar-refractivity contribution is 5.18. The van der Waals surface area contributed by atoms with E-state index < -0.39 is 6.10 Å².